The van der Waals surface area contributed by atoms with Crippen LogP contribution in [0.4, 0.5) is 0 Å². The van der Waals surface area contributed by atoms with Gasteiger partial charge in [-0.05, 0) is 39.0 Å². The smallest absolute Gasteiger partial charge is 0.333 e. The van der Waals surface area contributed by atoms with E-state index < -0.39 is 0 Å². The van der Waals surface area contributed by atoms with Gasteiger partial charge in [-0.15, -0.1) is 0 Å². The van der Waals surface area contributed by atoms with Gasteiger partial charge >= 0.3 is 17.9 Å². The van der Waals surface area contributed by atoms with Crippen LogP contribution in [0.3, 0.4) is 0 Å². The maximum Gasteiger partial charge on any atom is 0.333 e. The van der Waals surface area contributed by atoms with E-state index in [1.807, 2.05) is 34.6 Å². The van der Waals surface area contributed by atoms with Gasteiger partial charge in [-0.25, -0.2) is 14.4 Å². The molecule has 0 aliphatic carbocycles. The average Bonchev–Trinajstić information content (AvgIpc) is 2.62. The van der Waals surface area contributed by atoms with Gasteiger partial charge < -0.3 is 14.2 Å². The normalized spacial score (nSPS) is 9.31. The molecule has 0 aromatic carbocycles. The molecule has 6 nitrogen and oxygen atoms in total. The number of carbonyl (C=O) groups excluding carboxylic acids is 3. The van der Waals surface area contributed by atoms with Gasteiger partial charge in [0, 0.05) is 16.7 Å². The first-order valence-electron chi connectivity index (χ1n) is 9.73. The zero-order chi connectivity index (χ0) is 23.6. The van der Waals surface area contributed by atoms with E-state index in [9.17, 15) is 14.4 Å². The standard InChI is InChI=1S/2C8H14O2.C7H12O2/c2*1-6(2)5-10-8(9)7(3)4;1-4-5-9-7(8)6(2)3/h2*6H,3,5H2,1-2,4H3;2,4-5H2,1,3H3. The first kappa shape index (κ1) is 31.3. The molecule has 6 heteroatoms. The van der Waals surface area contributed by atoms with Crippen molar-refractivity contribution in [2.75, 3.05) is 19.8 Å². The summed E-state index contributed by atoms with van der Waals surface area (Å²) in [5.41, 5.74) is 1.38. The van der Waals surface area contributed by atoms with Crippen molar-refractivity contribution in [3.05, 3.63) is 36.5 Å². The first-order chi connectivity index (χ1) is 13.3. The molecule has 0 atom stereocenters. The second-order valence-corrected chi connectivity index (χ2v) is 7.46. The molecule has 168 valence electrons. The highest BCUT2D eigenvalue weighted by molar-refractivity contribution is 5.87. The molecule has 0 bridgehead atoms. The second-order valence-electron chi connectivity index (χ2n) is 7.46. The summed E-state index contributed by atoms with van der Waals surface area (Å²) in [6.45, 7) is 26.6. The quantitative estimate of drug-likeness (QED) is 0.300. The van der Waals surface area contributed by atoms with Crippen molar-refractivity contribution in [3.8, 4) is 0 Å². The SMILES string of the molecule is C=C(C)C(=O)OCC(C)C.C=C(C)C(=O)OCC(C)C.C=C(C)C(=O)OCCC. The highest BCUT2D eigenvalue weighted by atomic mass is 16.5. The van der Waals surface area contributed by atoms with E-state index in [1.165, 1.54) is 0 Å². The molecule has 0 aromatic heterocycles. The Hall–Kier alpha value is -2.37. The molecule has 0 fully saturated rings. The van der Waals surface area contributed by atoms with Crippen molar-refractivity contribution < 1.29 is 28.6 Å². The number of hydrogen-bond donors (Lipinski definition) is 0. The minimum Gasteiger partial charge on any atom is -0.462 e. The van der Waals surface area contributed by atoms with Crippen molar-refractivity contribution in [3.63, 3.8) is 0 Å². The molecule has 0 aliphatic heterocycles. The summed E-state index contributed by atoms with van der Waals surface area (Å²) in [4.78, 5) is 32.0. The van der Waals surface area contributed by atoms with E-state index in [1.54, 1.807) is 20.8 Å². The van der Waals surface area contributed by atoms with Crippen LogP contribution in [0.2, 0.25) is 0 Å². The number of esters is 3. The molecule has 0 saturated carbocycles. The Morgan fingerprint density at radius 3 is 1.14 bits per heavy atom. The maximum absolute atomic E-state index is 10.7. The molecule has 0 N–H and O–H groups in total. The Morgan fingerprint density at radius 2 is 0.931 bits per heavy atom. The average molecular weight is 413 g/mol. The summed E-state index contributed by atoms with van der Waals surface area (Å²) < 4.78 is 14.4. The zero-order valence-corrected chi connectivity index (χ0v) is 19.6. The molecule has 0 amide bonds. The third-order valence-electron chi connectivity index (χ3n) is 2.58. The first-order valence-corrected chi connectivity index (χ1v) is 9.73. The molecule has 29 heavy (non-hydrogen) atoms. The molecule has 0 rings (SSSR count). The third kappa shape index (κ3) is 25.6. The van der Waals surface area contributed by atoms with Gasteiger partial charge in [0.05, 0.1) is 19.8 Å². The molecule has 0 spiro atoms. The Balaban J connectivity index is -0.000000350. The van der Waals surface area contributed by atoms with Gasteiger partial charge in [0.15, 0.2) is 0 Å². The largest absolute Gasteiger partial charge is 0.462 e. The highest BCUT2D eigenvalue weighted by Gasteiger charge is 2.04. The van der Waals surface area contributed by atoms with E-state index in [0.717, 1.165) is 6.42 Å². The van der Waals surface area contributed by atoms with Crippen LogP contribution in [0.5, 0.6) is 0 Å². The molecule has 0 aromatic rings. The Morgan fingerprint density at radius 1 is 0.655 bits per heavy atom. The fraction of sp³-hybridized carbons (Fsp3) is 0.609. The van der Waals surface area contributed by atoms with Crippen LogP contribution in [0.1, 0.15) is 61.8 Å². The summed E-state index contributed by atoms with van der Waals surface area (Å²) in [5.74, 6) is -0.106. The number of hydrogen-bond acceptors (Lipinski definition) is 6. The van der Waals surface area contributed by atoms with Crippen molar-refractivity contribution in [2.45, 2.75) is 61.8 Å². The Kier molecular flexibility index (Phi) is 20.5. The topological polar surface area (TPSA) is 78.9 Å². The molecular formula is C23H40O6. The van der Waals surface area contributed by atoms with Crippen molar-refractivity contribution >= 4 is 17.9 Å². The lowest BCUT2D eigenvalue weighted by molar-refractivity contribution is -0.140. The van der Waals surface area contributed by atoms with Crippen LogP contribution in [-0.2, 0) is 28.6 Å². The lowest BCUT2D eigenvalue weighted by Gasteiger charge is -2.05. The number of ether oxygens (including phenoxy) is 3. The summed E-state index contributed by atoms with van der Waals surface area (Å²) >= 11 is 0. The van der Waals surface area contributed by atoms with Gasteiger partial charge in [-0.2, -0.15) is 0 Å². The number of carbonyl (C=O) groups is 3. The number of rotatable bonds is 9. The lowest BCUT2D eigenvalue weighted by atomic mass is 10.2. The van der Waals surface area contributed by atoms with Crippen molar-refractivity contribution in [1.29, 1.82) is 0 Å². The van der Waals surface area contributed by atoms with E-state index in [0.29, 0.717) is 48.4 Å². The third-order valence-corrected chi connectivity index (χ3v) is 2.58. The fourth-order valence-corrected chi connectivity index (χ4v) is 1.05. The predicted octanol–water partition coefficient (Wildman–Crippen LogP) is 5.04. The predicted molar refractivity (Wildman–Crippen MR) is 117 cm³/mol. The Bertz CT molecular complexity index is 510. The second kappa shape index (κ2) is 19.0. The van der Waals surface area contributed by atoms with Crippen molar-refractivity contribution in [2.24, 2.45) is 11.8 Å². The summed E-state index contributed by atoms with van der Waals surface area (Å²) in [6, 6.07) is 0. The van der Waals surface area contributed by atoms with E-state index in [4.69, 9.17) is 14.2 Å². The van der Waals surface area contributed by atoms with Crippen molar-refractivity contribution in [1.82, 2.24) is 0 Å². The van der Waals surface area contributed by atoms with Crippen LogP contribution < -0.4 is 0 Å². The maximum atomic E-state index is 10.7. The minimum absolute atomic E-state index is 0.295. The fourth-order valence-electron chi connectivity index (χ4n) is 1.05. The van der Waals surface area contributed by atoms with Gasteiger partial charge in [-0.3, -0.25) is 0 Å². The van der Waals surface area contributed by atoms with Gasteiger partial charge in [0.2, 0.25) is 0 Å². The summed E-state index contributed by atoms with van der Waals surface area (Å²) in [6.07, 6.45) is 0.860. The van der Waals surface area contributed by atoms with Crippen LogP contribution in [0.15, 0.2) is 36.5 Å². The van der Waals surface area contributed by atoms with Crippen LogP contribution in [-0.4, -0.2) is 37.7 Å². The summed E-state index contributed by atoms with van der Waals surface area (Å²) in [5, 5.41) is 0. The highest BCUT2D eigenvalue weighted by Crippen LogP contribution is 1.98. The zero-order valence-electron chi connectivity index (χ0n) is 19.6. The van der Waals surface area contributed by atoms with E-state index in [2.05, 4.69) is 19.7 Å². The van der Waals surface area contributed by atoms with Gasteiger partial charge in [0.1, 0.15) is 0 Å². The van der Waals surface area contributed by atoms with Gasteiger partial charge in [0.25, 0.3) is 0 Å². The lowest BCUT2D eigenvalue weighted by Crippen LogP contribution is -2.09. The van der Waals surface area contributed by atoms with E-state index in [-0.39, 0.29) is 17.9 Å². The Labute approximate surface area is 177 Å². The minimum atomic E-state index is -0.297. The molecule has 0 saturated heterocycles. The molecule has 0 aliphatic rings. The molecular weight excluding hydrogens is 372 g/mol. The van der Waals surface area contributed by atoms with Crippen LogP contribution >= 0.6 is 0 Å². The molecule has 0 unspecified atom stereocenters. The van der Waals surface area contributed by atoms with Gasteiger partial charge in [-0.1, -0.05) is 54.4 Å². The van der Waals surface area contributed by atoms with Crippen LogP contribution in [0, 0.1) is 11.8 Å². The summed E-state index contributed by atoms with van der Waals surface area (Å²) in [7, 11) is 0. The van der Waals surface area contributed by atoms with E-state index >= 15 is 0 Å². The molecule has 0 heterocycles. The monoisotopic (exact) mass is 412 g/mol. The van der Waals surface area contributed by atoms with Crippen LogP contribution in [0.25, 0.3) is 0 Å². The molecule has 0 radical (unpaired) electrons.